The van der Waals surface area contributed by atoms with Gasteiger partial charge in [0.25, 0.3) is 0 Å². The molecule has 510 valence electrons. The van der Waals surface area contributed by atoms with E-state index in [2.05, 4.69) is 134 Å². The van der Waals surface area contributed by atoms with Crippen LogP contribution in [0.15, 0.2) is 72.8 Å². The Morgan fingerprint density at radius 1 is 0.319 bits per heavy atom. The predicted molar refractivity (Wildman–Crippen MR) is 414 cm³/mol. The van der Waals surface area contributed by atoms with E-state index in [1.807, 2.05) is 11.3 Å². The topological polar surface area (TPSA) is 18.5 Å². The predicted octanol–water partition coefficient (Wildman–Crippen LogP) is 28.9. The van der Waals surface area contributed by atoms with E-state index < -0.39 is 18.4 Å². The SMILES string of the molecule is CCCCCCCCCCCCC(CCCCCCCCCC)COc1ccc(CCCCc2cc3c(cc(CCCCc4ccc(OCC(CCCCCCCCCC)CCCCCCCCCCCC)cc4)c4c[c]([Sn]([CH3])([CH3])[CH3])sc43)c3sc(C)cc23)cc1. The summed E-state index contributed by atoms with van der Waals surface area (Å²) in [5.41, 5.74) is 6.01. The molecule has 6 aromatic rings. The van der Waals surface area contributed by atoms with Crippen LogP contribution in [0.1, 0.15) is 337 Å². The Labute approximate surface area is 574 Å². The summed E-state index contributed by atoms with van der Waals surface area (Å²) in [4.78, 5) is 9.25. The Morgan fingerprint density at radius 2 is 0.615 bits per heavy atom. The second-order valence-electron chi connectivity index (χ2n) is 29.9. The molecular weight excluding hydrogens is 1250 g/mol. The fourth-order valence-electron chi connectivity index (χ4n) is 14.4. The van der Waals surface area contributed by atoms with E-state index in [1.54, 1.807) is 24.1 Å². The van der Waals surface area contributed by atoms with Crippen LogP contribution >= 0.6 is 22.7 Å². The quantitative estimate of drug-likeness (QED) is 0.0280. The summed E-state index contributed by atoms with van der Waals surface area (Å²) in [5, 5.41) is 6.06. The monoisotopic (exact) mass is 1390 g/mol. The molecule has 91 heavy (non-hydrogen) atoms. The van der Waals surface area contributed by atoms with Crippen molar-refractivity contribution in [2.75, 3.05) is 13.2 Å². The summed E-state index contributed by atoms with van der Waals surface area (Å²) in [5.74, 6) is 3.47. The summed E-state index contributed by atoms with van der Waals surface area (Å²) in [6.45, 7) is 13.4. The van der Waals surface area contributed by atoms with Crippen LogP contribution in [0.2, 0.25) is 14.8 Å². The normalized spacial score (nSPS) is 12.7. The van der Waals surface area contributed by atoms with Crippen LogP contribution < -0.4 is 12.4 Å². The Hall–Kier alpha value is -2.54. The summed E-state index contributed by atoms with van der Waals surface area (Å²) in [6, 6.07) is 28.9. The Bertz CT molecular complexity index is 2760. The molecule has 2 atom stereocenters. The molecule has 2 unspecified atom stereocenters. The second kappa shape index (κ2) is 47.4. The maximum atomic E-state index is 6.61. The van der Waals surface area contributed by atoms with Gasteiger partial charge in [0.2, 0.25) is 0 Å². The zero-order chi connectivity index (χ0) is 64.4. The van der Waals surface area contributed by atoms with Crippen LogP contribution in [0.4, 0.5) is 0 Å². The number of unbranched alkanes of at least 4 members (excludes halogenated alkanes) is 34. The van der Waals surface area contributed by atoms with E-state index in [9.17, 15) is 0 Å². The van der Waals surface area contributed by atoms with Gasteiger partial charge in [0.15, 0.2) is 0 Å². The third kappa shape index (κ3) is 31.0. The third-order valence-corrected chi connectivity index (χ3v) is 32.1. The molecule has 2 heterocycles. The molecule has 0 bridgehead atoms. The molecule has 0 fully saturated rings. The average Bonchev–Trinajstić information content (AvgIpc) is 1.65. The van der Waals surface area contributed by atoms with Crippen LogP contribution in [0.25, 0.3) is 30.9 Å². The van der Waals surface area contributed by atoms with Crippen molar-refractivity contribution < 1.29 is 9.47 Å². The van der Waals surface area contributed by atoms with Crippen LogP contribution in [-0.4, -0.2) is 31.6 Å². The number of fused-ring (bicyclic) bond motifs is 5. The number of hydrogen-bond acceptors (Lipinski definition) is 4. The van der Waals surface area contributed by atoms with Gasteiger partial charge >= 0.3 is 242 Å². The molecular formula is C86H138O2S2Sn. The maximum absolute atomic E-state index is 6.61. The summed E-state index contributed by atoms with van der Waals surface area (Å²) in [7, 11) is 0. The molecule has 0 amide bonds. The molecule has 2 aromatic heterocycles. The van der Waals surface area contributed by atoms with Crippen LogP contribution in [-0.2, 0) is 25.7 Å². The van der Waals surface area contributed by atoms with Crippen molar-refractivity contribution in [3.8, 4) is 11.5 Å². The smallest absolute Gasteiger partial charge is 0.0197 e. The molecule has 0 N–H and O–H groups in total. The van der Waals surface area contributed by atoms with E-state index in [1.165, 1.54) is 319 Å². The Balaban J connectivity index is 0.990. The van der Waals surface area contributed by atoms with Gasteiger partial charge in [0, 0.05) is 0 Å². The van der Waals surface area contributed by atoms with Crippen molar-refractivity contribution in [3.05, 3.63) is 99.9 Å². The number of thiophene rings is 2. The fourth-order valence-corrected chi connectivity index (χ4v) is 21.9. The van der Waals surface area contributed by atoms with Gasteiger partial charge in [0.05, 0.1) is 13.2 Å². The van der Waals surface area contributed by atoms with E-state index in [-0.39, 0.29) is 0 Å². The van der Waals surface area contributed by atoms with Crippen molar-refractivity contribution in [2.24, 2.45) is 11.8 Å². The molecule has 0 aliphatic heterocycles. The van der Waals surface area contributed by atoms with Crippen LogP contribution in [0.3, 0.4) is 0 Å². The zero-order valence-electron chi connectivity index (χ0n) is 60.6. The number of rotatable bonds is 57. The van der Waals surface area contributed by atoms with Gasteiger partial charge < -0.3 is 9.47 Å². The van der Waals surface area contributed by atoms with Crippen LogP contribution in [0, 0.1) is 18.8 Å². The number of aryl methyl sites for hydroxylation is 5. The molecule has 6 rings (SSSR count). The van der Waals surface area contributed by atoms with Gasteiger partial charge in [0.1, 0.15) is 5.75 Å². The van der Waals surface area contributed by atoms with Gasteiger partial charge in [-0.2, -0.15) is 0 Å². The van der Waals surface area contributed by atoms with Crippen molar-refractivity contribution in [3.63, 3.8) is 0 Å². The molecule has 0 saturated heterocycles. The number of hydrogen-bond donors (Lipinski definition) is 0. The van der Waals surface area contributed by atoms with E-state index in [0.29, 0.717) is 11.8 Å². The Morgan fingerprint density at radius 3 is 0.945 bits per heavy atom. The first-order valence-corrected chi connectivity index (χ1v) is 51.1. The van der Waals surface area contributed by atoms with Crippen molar-refractivity contribution in [2.45, 2.75) is 358 Å². The minimum Gasteiger partial charge on any atom is -0.0197 e. The molecule has 4 aromatic carbocycles. The number of ether oxygens (including phenoxy) is 2. The minimum absolute atomic E-state index is 0.677. The second-order valence-corrected chi connectivity index (χ2v) is 47.6. The van der Waals surface area contributed by atoms with E-state index in [0.717, 1.165) is 50.4 Å². The molecule has 5 heteroatoms. The van der Waals surface area contributed by atoms with Gasteiger partial charge in [-0.15, -0.1) is 0 Å². The first-order chi connectivity index (χ1) is 44.6. The van der Waals surface area contributed by atoms with Gasteiger partial charge in [-0.25, -0.2) is 0 Å². The molecule has 0 aliphatic carbocycles. The zero-order valence-corrected chi connectivity index (χ0v) is 65.1. The van der Waals surface area contributed by atoms with Gasteiger partial charge in [-0.05, 0) is 49.7 Å². The van der Waals surface area contributed by atoms with Crippen molar-refractivity contribution >= 4 is 74.9 Å². The molecule has 0 radical (unpaired) electrons. The summed E-state index contributed by atoms with van der Waals surface area (Å²) in [6.07, 6.45) is 65.2. The van der Waals surface area contributed by atoms with Crippen molar-refractivity contribution in [1.29, 1.82) is 0 Å². The third-order valence-electron chi connectivity index (χ3n) is 20.4. The van der Waals surface area contributed by atoms with E-state index in [4.69, 9.17) is 9.47 Å². The van der Waals surface area contributed by atoms with Crippen molar-refractivity contribution in [1.82, 2.24) is 0 Å². The molecule has 0 spiro atoms. The molecule has 0 aliphatic rings. The first kappa shape index (κ1) is 77.5. The Kier molecular flexibility index (Phi) is 40.3. The first-order valence-electron chi connectivity index (χ1n) is 39.4. The minimum atomic E-state index is -2.35. The fraction of sp³-hybridized carbons (Fsp3) is 0.698. The van der Waals surface area contributed by atoms with Gasteiger partial charge in [-0.1, -0.05) is 259 Å². The molecule has 0 saturated carbocycles. The average molecular weight is 1390 g/mol. The number of benzene rings is 4. The van der Waals surface area contributed by atoms with Crippen LogP contribution in [0.5, 0.6) is 11.5 Å². The summed E-state index contributed by atoms with van der Waals surface area (Å²) >= 11 is 1.84. The summed E-state index contributed by atoms with van der Waals surface area (Å²) < 4.78 is 18.0. The molecule has 2 nitrogen and oxygen atoms in total. The van der Waals surface area contributed by atoms with Gasteiger partial charge in [-0.3, -0.25) is 0 Å². The van der Waals surface area contributed by atoms with E-state index >= 15 is 0 Å². The standard InChI is InChI=1S/C83H129O2S2.3CH3.Sn/c1-6-10-14-18-22-26-28-32-36-40-50-72(48-38-34-30-24-20-16-12-8-3)67-84-76-58-54-70(55-59-76)46-42-44-52-74-65-81-80(82-78(74)62-63-86-82)66-75(79-64-69(5)87-83(79)81)53-45-43-47-71-56-60-77(61-57-71)85-68-73(49-39-35-31-25-21-17-13-9-4)51-41-37-33-29-27-23-19-15-11-7-2;;;;/h54-62,64-66,72-73H,6-53,67-68H2,1-5H3;3*1H3;.